The maximum Gasteiger partial charge on any atom is 0.251 e. The van der Waals surface area contributed by atoms with Crippen LogP contribution in [0.3, 0.4) is 0 Å². The van der Waals surface area contributed by atoms with E-state index in [2.05, 4.69) is 10.5 Å². The van der Waals surface area contributed by atoms with Gasteiger partial charge in [0.15, 0.2) is 0 Å². The fourth-order valence-corrected chi connectivity index (χ4v) is 3.59. The summed E-state index contributed by atoms with van der Waals surface area (Å²) in [4.78, 5) is 21.1. The van der Waals surface area contributed by atoms with Crippen molar-refractivity contribution >= 4 is 22.6 Å². The average molecular weight is 401 g/mol. The van der Waals surface area contributed by atoms with Crippen molar-refractivity contribution in [2.45, 2.75) is 19.6 Å². The van der Waals surface area contributed by atoms with Crippen LogP contribution in [0.1, 0.15) is 27.2 Å². The molecule has 2 aromatic carbocycles. The third kappa shape index (κ3) is 3.27. The van der Waals surface area contributed by atoms with Crippen molar-refractivity contribution in [3.8, 4) is 11.6 Å². The first-order valence-corrected chi connectivity index (χ1v) is 9.64. The van der Waals surface area contributed by atoms with Gasteiger partial charge < -0.3 is 20.3 Å². The number of anilines is 1. The van der Waals surface area contributed by atoms with E-state index in [1.807, 2.05) is 36.4 Å². The van der Waals surface area contributed by atoms with Gasteiger partial charge in [0.2, 0.25) is 11.6 Å². The molecular weight excluding hydrogens is 382 g/mol. The lowest BCUT2D eigenvalue weighted by Crippen LogP contribution is -2.17. The molecule has 2 aromatic heterocycles. The molecule has 8 nitrogen and oxygen atoms in total. The molecule has 0 radical (unpaired) electrons. The third-order valence-corrected chi connectivity index (χ3v) is 5.10. The molecule has 3 N–H and O–H groups in total. The van der Waals surface area contributed by atoms with Gasteiger partial charge >= 0.3 is 0 Å². The number of carbonyl (C=O) groups excluding carboxylic acids is 1. The van der Waals surface area contributed by atoms with Crippen molar-refractivity contribution < 1.29 is 14.1 Å². The van der Waals surface area contributed by atoms with Crippen LogP contribution in [0.5, 0.6) is 0 Å². The van der Waals surface area contributed by atoms with Crippen molar-refractivity contribution in [2.24, 2.45) is 5.73 Å². The number of benzene rings is 2. The highest BCUT2D eigenvalue weighted by atomic mass is 16.5. The van der Waals surface area contributed by atoms with Crippen molar-refractivity contribution in [3.05, 3.63) is 70.9 Å². The average Bonchev–Trinajstić information content (AvgIpc) is 3.22. The number of amides is 1. The molecule has 150 valence electrons. The molecule has 0 atom stereocenters. The second-order valence-corrected chi connectivity index (χ2v) is 7.04. The highest BCUT2D eigenvalue weighted by Gasteiger charge is 2.23. The molecule has 0 aliphatic carbocycles. The monoisotopic (exact) mass is 401 g/mol. The minimum atomic E-state index is -0.561. The number of carbonyl (C=O) groups is 1. The molecule has 1 aliphatic heterocycles. The first kappa shape index (κ1) is 18.3. The van der Waals surface area contributed by atoms with Gasteiger partial charge in [-0.25, -0.2) is 9.97 Å². The van der Waals surface area contributed by atoms with E-state index in [-0.39, 0.29) is 0 Å². The number of hydrogen-bond donors (Lipinski definition) is 2. The smallest absolute Gasteiger partial charge is 0.251 e. The summed E-state index contributed by atoms with van der Waals surface area (Å²) in [6.07, 6.45) is 0.684. The summed E-state index contributed by atoms with van der Waals surface area (Å²) in [6, 6.07) is 15.3. The van der Waals surface area contributed by atoms with Crippen LogP contribution in [0.25, 0.3) is 22.5 Å². The van der Waals surface area contributed by atoms with Crippen LogP contribution in [0.2, 0.25) is 0 Å². The lowest BCUT2D eigenvalue weighted by molar-refractivity contribution is 0.100. The van der Waals surface area contributed by atoms with E-state index < -0.39 is 5.91 Å². The summed E-state index contributed by atoms with van der Waals surface area (Å²) in [5.41, 5.74) is 9.17. The zero-order chi connectivity index (χ0) is 20.5. The highest BCUT2D eigenvalue weighted by molar-refractivity contribution is 6.07. The predicted molar refractivity (Wildman–Crippen MR) is 111 cm³/mol. The molecule has 0 spiro atoms. The van der Waals surface area contributed by atoms with Crippen molar-refractivity contribution in [1.29, 1.82) is 0 Å². The summed E-state index contributed by atoms with van der Waals surface area (Å²) in [6.45, 7) is 1.67. The van der Waals surface area contributed by atoms with Gasteiger partial charge in [-0.1, -0.05) is 41.6 Å². The predicted octanol–water partition coefficient (Wildman–Crippen LogP) is 3.07. The number of hydrogen-bond acceptors (Lipinski definition) is 7. The van der Waals surface area contributed by atoms with Gasteiger partial charge in [-0.05, 0) is 17.7 Å². The van der Waals surface area contributed by atoms with Gasteiger partial charge in [-0.2, -0.15) is 0 Å². The van der Waals surface area contributed by atoms with E-state index in [4.69, 9.17) is 25.0 Å². The lowest BCUT2D eigenvalue weighted by atomic mass is 10.1. The standard InChI is InChI=1S/C22H19N5O3/c23-20(28)15-8-4-7-14-18(15)27-30-19(14)22-25-17-9-10-29-12-16(17)21(26-22)24-11-13-5-2-1-3-6-13/h1-8H,9-12H2,(H2,23,28)(H,24,25,26). The van der Waals surface area contributed by atoms with Gasteiger partial charge in [-0.15, -0.1) is 0 Å². The maximum absolute atomic E-state index is 11.7. The maximum atomic E-state index is 11.7. The van der Waals surface area contributed by atoms with E-state index in [1.54, 1.807) is 12.1 Å². The molecule has 4 aromatic rings. The first-order chi connectivity index (χ1) is 14.7. The second-order valence-electron chi connectivity index (χ2n) is 7.04. The summed E-state index contributed by atoms with van der Waals surface area (Å²) in [7, 11) is 0. The number of aromatic nitrogens is 3. The Labute approximate surface area is 172 Å². The second kappa shape index (κ2) is 7.57. The van der Waals surface area contributed by atoms with Crippen LogP contribution in [0, 0.1) is 0 Å². The quantitative estimate of drug-likeness (QED) is 0.528. The Kier molecular flexibility index (Phi) is 4.61. The zero-order valence-corrected chi connectivity index (χ0v) is 16.1. The van der Waals surface area contributed by atoms with Crippen LogP contribution in [0.15, 0.2) is 53.1 Å². The topological polar surface area (TPSA) is 116 Å². The molecule has 0 bridgehead atoms. The van der Waals surface area contributed by atoms with Crippen LogP contribution in [-0.4, -0.2) is 27.6 Å². The number of nitrogens with zero attached hydrogens (tertiary/aromatic N) is 3. The van der Waals surface area contributed by atoms with Crippen LogP contribution < -0.4 is 11.1 Å². The Bertz CT molecular complexity index is 1240. The van der Waals surface area contributed by atoms with Gasteiger partial charge in [-0.3, -0.25) is 4.79 Å². The molecule has 1 aliphatic rings. The molecular formula is C22H19N5O3. The number of rotatable bonds is 5. The Balaban J connectivity index is 1.58. The first-order valence-electron chi connectivity index (χ1n) is 9.64. The number of fused-ring (bicyclic) bond motifs is 2. The summed E-state index contributed by atoms with van der Waals surface area (Å²) in [5, 5.41) is 8.10. The van der Waals surface area contributed by atoms with E-state index in [0.717, 1.165) is 16.8 Å². The third-order valence-electron chi connectivity index (χ3n) is 5.10. The van der Waals surface area contributed by atoms with Gasteiger partial charge in [0, 0.05) is 18.5 Å². The minimum Gasteiger partial charge on any atom is -0.376 e. The van der Waals surface area contributed by atoms with Gasteiger partial charge in [0.25, 0.3) is 5.91 Å². The summed E-state index contributed by atoms with van der Waals surface area (Å²) < 4.78 is 11.2. The Morgan fingerprint density at radius 1 is 1.10 bits per heavy atom. The molecule has 1 amide bonds. The Hall–Kier alpha value is -3.78. The molecule has 0 saturated heterocycles. The van der Waals surface area contributed by atoms with Crippen LogP contribution in [0.4, 0.5) is 5.82 Å². The van der Waals surface area contributed by atoms with E-state index in [0.29, 0.717) is 60.0 Å². The van der Waals surface area contributed by atoms with Gasteiger partial charge in [0.05, 0.1) is 29.9 Å². The molecule has 0 unspecified atom stereocenters. The molecule has 0 fully saturated rings. The van der Waals surface area contributed by atoms with Crippen molar-refractivity contribution in [1.82, 2.24) is 15.1 Å². The van der Waals surface area contributed by atoms with E-state index >= 15 is 0 Å². The zero-order valence-electron chi connectivity index (χ0n) is 16.1. The van der Waals surface area contributed by atoms with Gasteiger partial charge in [0.1, 0.15) is 11.3 Å². The molecule has 8 heteroatoms. The van der Waals surface area contributed by atoms with Crippen molar-refractivity contribution in [2.75, 3.05) is 11.9 Å². The minimum absolute atomic E-state index is 0.302. The molecule has 0 saturated carbocycles. The Morgan fingerprint density at radius 3 is 2.80 bits per heavy atom. The lowest BCUT2D eigenvalue weighted by Gasteiger charge is -2.20. The van der Waals surface area contributed by atoms with E-state index in [1.165, 1.54) is 0 Å². The van der Waals surface area contributed by atoms with E-state index in [9.17, 15) is 4.79 Å². The van der Waals surface area contributed by atoms with Crippen LogP contribution in [-0.2, 0) is 24.3 Å². The summed E-state index contributed by atoms with van der Waals surface area (Å²) in [5.74, 6) is 0.962. The number of primary amides is 1. The fourth-order valence-electron chi connectivity index (χ4n) is 3.59. The normalized spacial score (nSPS) is 13.2. The highest BCUT2D eigenvalue weighted by Crippen LogP contribution is 2.31. The van der Waals surface area contributed by atoms with Crippen LogP contribution >= 0.6 is 0 Å². The number of ether oxygens (including phenoxy) is 1. The molecule has 3 heterocycles. The summed E-state index contributed by atoms with van der Waals surface area (Å²) >= 11 is 0. The Morgan fingerprint density at radius 2 is 1.97 bits per heavy atom. The molecule has 30 heavy (non-hydrogen) atoms. The molecule has 5 rings (SSSR count). The SMILES string of the molecule is NC(=O)c1cccc2c(-c3nc4c(c(NCc5ccccc5)n3)COCC4)onc12. The number of nitrogens with one attached hydrogen (secondary N) is 1. The number of nitrogens with two attached hydrogens (primary N) is 1. The largest absolute Gasteiger partial charge is 0.376 e. The fraction of sp³-hybridized carbons (Fsp3) is 0.182. The van der Waals surface area contributed by atoms with Crippen molar-refractivity contribution in [3.63, 3.8) is 0 Å².